The van der Waals surface area contributed by atoms with Crippen LogP contribution in [0.2, 0.25) is 0 Å². The lowest BCUT2D eigenvalue weighted by Gasteiger charge is -2.49. The van der Waals surface area contributed by atoms with Crippen LogP contribution < -0.4 is 10.1 Å². The lowest BCUT2D eigenvalue weighted by atomic mass is 9.62. The first-order valence-electron chi connectivity index (χ1n) is 6.87. The second kappa shape index (κ2) is 6.01. The van der Waals surface area contributed by atoms with E-state index in [1.807, 2.05) is 0 Å². The zero-order chi connectivity index (χ0) is 14.2. The Morgan fingerprint density at radius 3 is 2.48 bits per heavy atom. The van der Waals surface area contributed by atoms with E-state index in [9.17, 15) is 13.2 Å². The maximum atomic E-state index is 12.6. The predicted octanol–water partition coefficient (Wildman–Crippen LogP) is 3.43. The predicted molar refractivity (Wildman–Crippen MR) is 74.7 cm³/mol. The summed E-state index contributed by atoms with van der Waals surface area (Å²) in [4.78, 5) is 3.61. The third-order valence-corrected chi connectivity index (χ3v) is 4.33. The summed E-state index contributed by atoms with van der Waals surface area (Å²) in [5, 5.41) is 3.32. The van der Waals surface area contributed by atoms with Crippen LogP contribution in [0.3, 0.4) is 0 Å². The Labute approximate surface area is 127 Å². The molecule has 0 atom stereocenters. The molecule has 2 aliphatic rings. The highest BCUT2D eigenvalue weighted by molar-refractivity contribution is 5.85. The number of alkyl halides is 3. The summed E-state index contributed by atoms with van der Waals surface area (Å²) in [5.74, 6) is 0.216. The van der Waals surface area contributed by atoms with Crippen LogP contribution in [0, 0.1) is 5.41 Å². The lowest BCUT2D eigenvalue weighted by Crippen LogP contribution is -2.49. The number of halogens is 4. The van der Waals surface area contributed by atoms with E-state index in [1.54, 1.807) is 0 Å². The molecule has 0 aromatic carbocycles. The molecule has 2 heterocycles. The van der Waals surface area contributed by atoms with E-state index in [4.69, 9.17) is 4.74 Å². The van der Waals surface area contributed by atoms with E-state index in [2.05, 4.69) is 10.3 Å². The number of nitrogens with zero attached hydrogens (tertiary/aromatic N) is 1. The molecule has 0 amide bonds. The van der Waals surface area contributed by atoms with Crippen molar-refractivity contribution in [3.05, 3.63) is 24.0 Å². The maximum Gasteiger partial charge on any atom is 0.418 e. The van der Waals surface area contributed by atoms with Gasteiger partial charge >= 0.3 is 6.18 Å². The Balaban J connectivity index is 0.00000161. The summed E-state index contributed by atoms with van der Waals surface area (Å²) >= 11 is 0. The average molecular weight is 323 g/mol. The Morgan fingerprint density at radius 2 is 1.86 bits per heavy atom. The van der Waals surface area contributed by atoms with Crippen molar-refractivity contribution in [3.8, 4) is 5.75 Å². The van der Waals surface area contributed by atoms with E-state index < -0.39 is 11.7 Å². The molecule has 1 aromatic heterocycles. The number of hydrogen-bond donors (Lipinski definition) is 1. The van der Waals surface area contributed by atoms with Gasteiger partial charge in [0.1, 0.15) is 5.75 Å². The van der Waals surface area contributed by atoms with Crippen LogP contribution in [0.5, 0.6) is 5.75 Å². The van der Waals surface area contributed by atoms with Gasteiger partial charge in [-0.15, -0.1) is 12.4 Å². The molecule has 1 saturated heterocycles. The molecule has 1 spiro atoms. The Morgan fingerprint density at radius 1 is 1.19 bits per heavy atom. The van der Waals surface area contributed by atoms with Crippen molar-refractivity contribution in [3.63, 3.8) is 0 Å². The Kier molecular flexibility index (Phi) is 4.68. The number of pyridine rings is 1. The molecule has 21 heavy (non-hydrogen) atoms. The minimum atomic E-state index is -4.37. The van der Waals surface area contributed by atoms with E-state index in [1.165, 1.54) is 6.20 Å². The highest BCUT2D eigenvalue weighted by atomic mass is 35.5. The zero-order valence-corrected chi connectivity index (χ0v) is 12.3. The van der Waals surface area contributed by atoms with Gasteiger partial charge in [-0.25, -0.2) is 0 Å². The molecule has 1 aromatic rings. The summed E-state index contributed by atoms with van der Waals surface area (Å²) in [6.07, 6.45) is 1.96. The second-order valence-corrected chi connectivity index (χ2v) is 5.81. The van der Waals surface area contributed by atoms with Crippen LogP contribution in [0.1, 0.15) is 31.2 Å². The van der Waals surface area contributed by atoms with Gasteiger partial charge in [-0.05, 0) is 50.3 Å². The van der Waals surface area contributed by atoms with Gasteiger partial charge in [0, 0.05) is 6.20 Å². The fourth-order valence-electron chi connectivity index (χ4n) is 3.19. The average Bonchev–Trinajstić information content (AvgIpc) is 2.37. The van der Waals surface area contributed by atoms with E-state index in [0.717, 1.165) is 51.0 Å². The van der Waals surface area contributed by atoms with Gasteiger partial charge in [-0.2, -0.15) is 13.2 Å². The minimum absolute atomic E-state index is 0. The van der Waals surface area contributed by atoms with Crippen molar-refractivity contribution in [1.29, 1.82) is 0 Å². The van der Waals surface area contributed by atoms with E-state index >= 15 is 0 Å². The molecule has 3 rings (SSSR count). The largest absolute Gasteiger partial charge is 0.489 e. The molecule has 7 heteroatoms. The maximum absolute atomic E-state index is 12.6. The second-order valence-electron chi connectivity index (χ2n) is 5.81. The summed E-state index contributed by atoms with van der Waals surface area (Å²) < 4.78 is 43.4. The van der Waals surface area contributed by atoms with Gasteiger partial charge in [-0.1, -0.05) is 0 Å². The number of piperidine rings is 1. The number of hydrogen-bond acceptors (Lipinski definition) is 3. The molecule has 0 bridgehead atoms. The van der Waals surface area contributed by atoms with Crippen LogP contribution in [0.25, 0.3) is 0 Å². The van der Waals surface area contributed by atoms with Crippen LogP contribution >= 0.6 is 12.4 Å². The Bertz CT molecular complexity index is 481. The molecule has 1 aliphatic carbocycles. The lowest BCUT2D eigenvalue weighted by molar-refractivity contribution is -0.138. The quantitative estimate of drug-likeness (QED) is 0.905. The summed E-state index contributed by atoms with van der Waals surface area (Å²) in [6, 6.07) is 1.03. The minimum Gasteiger partial charge on any atom is -0.489 e. The van der Waals surface area contributed by atoms with Crippen molar-refractivity contribution in [2.75, 3.05) is 13.1 Å². The van der Waals surface area contributed by atoms with E-state index in [-0.39, 0.29) is 24.3 Å². The highest BCUT2D eigenvalue weighted by Gasteiger charge is 2.45. The number of ether oxygens (including phenoxy) is 1. The van der Waals surface area contributed by atoms with Crippen molar-refractivity contribution in [2.45, 2.75) is 38.0 Å². The molecule has 0 radical (unpaired) electrons. The van der Waals surface area contributed by atoms with Crippen molar-refractivity contribution < 1.29 is 17.9 Å². The number of rotatable bonds is 2. The topological polar surface area (TPSA) is 34.1 Å². The van der Waals surface area contributed by atoms with Crippen LogP contribution in [-0.2, 0) is 6.18 Å². The molecular weight excluding hydrogens is 305 g/mol. The first-order valence-corrected chi connectivity index (χ1v) is 6.87. The van der Waals surface area contributed by atoms with Gasteiger partial charge in [0.2, 0.25) is 0 Å². The van der Waals surface area contributed by atoms with Gasteiger partial charge in [0.15, 0.2) is 0 Å². The summed E-state index contributed by atoms with van der Waals surface area (Å²) in [7, 11) is 0. The molecule has 1 aliphatic heterocycles. The molecule has 0 unspecified atom stereocenters. The van der Waals surface area contributed by atoms with Crippen LogP contribution in [0.15, 0.2) is 18.5 Å². The molecule has 1 N–H and O–H groups in total. The SMILES string of the molecule is Cl.FC(F)(F)c1cncc(OC2CC3(CCNCC3)C2)c1. The third-order valence-electron chi connectivity index (χ3n) is 4.33. The fourth-order valence-corrected chi connectivity index (χ4v) is 3.19. The monoisotopic (exact) mass is 322 g/mol. The smallest absolute Gasteiger partial charge is 0.418 e. The van der Waals surface area contributed by atoms with Crippen LogP contribution in [0.4, 0.5) is 13.2 Å². The molecule has 1 saturated carbocycles. The van der Waals surface area contributed by atoms with Gasteiger partial charge in [0.05, 0.1) is 17.9 Å². The number of nitrogens with one attached hydrogen (secondary N) is 1. The zero-order valence-electron chi connectivity index (χ0n) is 11.4. The number of aromatic nitrogens is 1. The summed E-state index contributed by atoms with van der Waals surface area (Å²) in [6.45, 7) is 2.05. The summed E-state index contributed by atoms with van der Waals surface area (Å²) in [5.41, 5.74) is -0.406. The van der Waals surface area contributed by atoms with E-state index in [0.29, 0.717) is 5.41 Å². The van der Waals surface area contributed by atoms with Gasteiger partial charge in [0.25, 0.3) is 0 Å². The van der Waals surface area contributed by atoms with Gasteiger partial charge < -0.3 is 10.1 Å². The Hall–Kier alpha value is -1.01. The molecule has 3 nitrogen and oxygen atoms in total. The van der Waals surface area contributed by atoms with Crippen molar-refractivity contribution in [2.24, 2.45) is 5.41 Å². The van der Waals surface area contributed by atoms with Gasteiger partial charge in [-0.3, -0.25) is 4.98 Å². The first-order chi connectivity index (χ1) is 9.47. The molecule has 118 valence electrons. The highest BCUT2D eigenvalue weighted by Crippen LogP contribution is 2.49. The van der Waals surface area contributed by atoms with Crippen molar-refractivity contribution >= 4 is 12.4 Å². The molecular formula is C14H18ClF3N2O. The first kappa shape index (κ1) is 16.4. The van der Waals surface area contributed by atoms with Crippen LogP contribution in [-0.4, -0.2) is 24.2 Å². The normalized spacial score (nSPS) is 21.5. The fraction of sp³-hybridized carbons (Fsp3) is 0.643. The van der Waals surface area contributed by atoms with Crippen molar-refractivity contribution in [1.82, 2.24) is 10.3 Å². The third kappa shape index (κ3) is 3.61. The molecule has 2 fully saturated rings. The standard InChI is InChI=1S/C14H17F3N2O.ClH/c15-14(16,17)10-5-11(9-19-8-10)20-12-6-13(7-12)1-3-18-4-2-13;/h5,8-9,12,18H,1-4,6-7H2;1H.